The third kappa shape index (κ3) is 3.41. The Labute approximate surface area is 121 Å². The van der Waals surface area contributed by atoms with Crippen molar-refractivity contribution in [2.24, 2.45) is 0 Å². The van der Waals surface area contributed by atoms with Crippen LogP contribution < -0.4 is 10.1 Å². The molecule has 3 nitrogen and oxygen atoms in total. The van der Waals surface area contributed by atoms with Crippen molar-refractivity contribution in [2.75, 3.05) is 6.61 Å². The number of aliphatic hydroxyl groups is 1. The summed E-state index contributed by atoms with van der Waals surface area (Å²) in [5.41, 5.74) is 2.45. The maximum atomic E-state index is 10.1. The summed E-state index contributed by atoms with van der Waals surface area (Å²) in [4.78, 5) is 0. The van der Waals surface area contributed by atoms with Gasteiger partial charge in [-0.15, -0.1) is 0 Å². The Morgan fingerprint density at radius 1 is 1.30 bits per heavy atom. The molecule has 3 heteroatoms. The Morgan fingerprint density at radius 2 is 2.05 bits per heavy atom. The highest BCUT2D eigenvalue weighted by Crippen LogP contribution is 2.35. The molecule has 0 radical (unpaired) electrons. The van der Waals surface area contributed by atoms with Crippen LogP contribution in [0.4, 0.5) is 0 Å². The zero-order chi connectivity index (χ0) is 14.7. The fourth-order valence-electron chi connectivity index (χ4n) is 2.56. The third-order valence-electron chi connectivity index (χ3n) is 3.72. The van der Waals surface area contributed by atoms with Gasteiger partial charge in [-0.05, 0) is 18.6 Å². The number of fused-ring (bicyclic) bond motifs is 1. The van der Waals surface area contributed by atoms with Crippen molar-refractivity contribution in [2.45, 2.75) is 51.8 Å². The summed E-state index contributed by atoms with van der Waals surface area (Å²) in [5.74, 6) is 1.30. The van der Waals surface area contributed by atoms with E-state index in [1.54, 1.807) is 0 Å². The first kappa shape index (κ1) is 15.1. The predicted molar refractivity (Wildman–Crippen MR) is 83.1 cm³/mol. The average Bonchev–Trinajstić information content (AvgIpc) is 2.77. The van der Waals surface area contributed by atoms with Crippen LogP contribution in [0.25, 0.3) is 6.08 Å². The van der Waals surface area contributed by atoms with E-state index in [0.29, 0.717) is 18.6 Å². The molecule has 1 aromatic carbocycles. The molecule has 0 fully saturated rings. The predicted octanol–water partition coefficient (Wildman–Crippen LogP) is 2.94. The Balaban J connectivity index is 1.97. The van der Waals surface area contributed by atoms with Gasteiger partial charge >= 0.3 is 0 Å². The molecule has 20 heavy (non-hydrogen) atoms. The van der Waals surface area contributed by atoms with Crippen molar-refractivity contribution < 1.29 is 9.84 Å². The summed E-state index contributed by atoms with van der Waals surface area (Å²) in [7, 11) is 0. The van der Waals surface area contributed by atoms with E-state index in [1.807, 2.05) is 19.1 Å². The topological polar surface area (TPSA) is 41.5 Å². The fourth-order valence-corrected chi connectivity index (χ4v) is 2.56. The van der Waals surface area contributed by atoms with Gasteiger partial charge in [-0.3, -0.25) is 0 Å². The molecule has 0 saturated carbocycles. The lowest BCUT2D eigenvalue weighted by Gasteiger charge is -2.23. The second kappa shape index (κ2) is 6.42. The molecule has 0 spiro atoms. The smallest absolute Gasteiger partial charge is 0.126 e. The van der Waals surface area contributed by atoms with Crippen LogP contribution in [-0.2, 0) is 0 Å². The first-order valence-electron chi connectivity index (χ1n) is 7.37. The summed E-state index contributed by atoms with van der Waals surface area (Å²) in [6.07, 6.45) is 3.77. The van der Waals surface area contributed by atoms with Gasteiger partial charge in [-0.1, -0.05) is 45.1 Å². The lowest BCUT2D eigenvalue weighted by molar-refractivity contribution is 0.0758. The van der Waals surface area contributed by atoms with Crippen molar-refractivity contribution >= 4 is 6.08 Å². The molecule has 110 valence electrons. The van der Waals surface area contributed by atoms with E-state index in [2.05, 4.69) is 44.3 Å². The molecule has 0 saturated heterocycles. The van der Waals surface area contributed by atoms with E-state index in [-0.39, 0.29) is 6.04 Å². The molecule has 0 amide bonds. The molecule has 3 atom stereocenters. The van der Waals surface area contributed by atoms with Gasteiger partial charge in [-0.2, -0.15) is 0 Å². The molecule has 1 aliphatic carbocycles. The van der Waals surface area contributed by atoms with Crippen LogP contribution in [0.5, 0.6) is 5.75 Å². The number of rotatable bonds is 6. The minimum atomic E-state index is -0.518. The van der Waals surface area contributed by atoms with Gasteiger partial charge in [0.1, 0.15) is 18.5 Å². The monoisotopic (exact) mass is 275 g/mol. The van der Waals surface area contributed by atoms with Crippen LogP contribution in [0.15, 0.2) is 24.3 Å². The van der Waals surface area contributed by atoms with Crippen molar-refractivity contribution in [1.82, 2.24) is 5.32 Å². The van der Waals surface area contributed by atoms with Gasteiger partial charge in [0, 0.05) is 23.6 Å². The summed E-state index contributed by atoms with van der Waals surface area (Å²) in [5, 5.41) is 13.4. The molecule has 2 rings (SSSR count). The van der Waals surface area contributed by atoms with Gasteiger partial charge < -0.3 is 15.2 Å². The van der Waals surface area contributed by atoms with E-state index in [0.717, 1.165) is 11.3 Å². The maximum Gasteiger partial charge on any atom is 0.126 e. The number of allylic oxidation sites excluding steroid dienone is 1. The molecule has 2 N–H and O–H groups in total. The molecule has 0 heterocycles. The summed E-state index contributed by atoms with van der Waals surface area (Å²) in [6, 6.07) is 6.48. The van der Waals surface area contributed by atoms with E-state index in [9.17, 15) is 5.11 Å². The van der Waals surface area contributed by atoms with Crippen LogP contribution in [0.1, 0.15) is 44.7 Å². The number of hydrogen-bond acceptors (Lipinski definition) is 3. The third-order valence-corrected chi connectivity index (χ3v) is 3.72. The number of benzene rings is 1. The molecule has 1 aromatic rings. The Bertz CT molecular complexity index is 482. The number of hydrogen-bond donors (Lipinski definition) is 2. The van der Waals surface area contributed by atoms with E-state index >= 15 is 0 Å². The lowest BCUT2D eigenvalue weighted by Crippen LogP contribution is -2.43. The van der Waals surface area contributed by atoms with Crippen molar-refractivity contribution in [3.05, 3.63) is 35.4 Å². The van der Waals surface area contributed by atoms with E-state index in [4.69, 9.17) is 4.74 Å². The van der Waals surface area contributed by atoms with Crippen LogP contribution in [0.2, 0.25) is 0 Å². The zero-order valence-corrected chi connectivity index (χ0v) is 12.8. The molecular weight excluding hydrogens is 250 g/mol. The van der Waals surface area contributed by atoms with Gasteiger partial charge in [-0.25, -0.2) is 0 Å². The minimum Gasteiger partial charge on any atom is -0.490 e. The second-order valence-corrected chi connectivity index (χ2v) is 5.90. The molecular formula is C17H25NO2. The number of aliphatic hydroxyl groups excluding tert-OH is 1. The van der Waals surface area contributed by atoms with Crippen LogP contribution in [-0.4, -0.2) is 29.9 Å². The first-order valence-corrected chi connectivity index (χ1v) is 7.37. The standard InChI is InChI=1S/C17H25NO2/c1-11(2)18-13(4)16(19)10-20-17-7-5-6-14-12(3)8-9-15(14)17/h5-9,11-13,16,18-19H,10H2,1-4H3. The minimum absolute atomic E-state index is 0.0150. The lowest BCUT2D eigenvalue weighted by atomic mass is 10.0. The summed E-state index contributed by atoms with van der Waals surface area (Å²) >= 11 is 0. The average molecular weight is 275 g/mol. The normalized spacial score (nSPS) is 20.0. The van der Waals surface area contributed by atoms with Crippen LogP contribution in [0, 0.1) is 0 Å². The Morgan fingerprint density at radius 3 is 2.75 bits per heavy atom. The highest BCUT2D eigenvalue weighted by Gasteiger charge is 2.19. The summed E-state index contributed by atoms with van der Waals surface area (Å²) < 4.78 is 5.82. The first-order chi connectivity index (χ1) is 9.49. The van der Waals surface area contributed by atoms with E-state index < -0.39 is 6.10 Å². The molecule has 1 aliphatic rings. The fraction of sp³-hybridized carbons (Fsp3) is 0.529. The Kier molecular flexibility index (Phi) is 4.84. The summed E-state index contributed by atoms with van der Waals surface area (Å²) in [6.45, 7) is 8.60. The van der Waals surface area contributed by atoms with Crippen molar-refractivity contribution in [3.8, 4) is 5.75 Å². The van der Waals surface area contributed by atoms with E-state index in [1.165, 1.54) is 5.56 Å². The highest BCUT2D eigenvalue weighted by atomic mass is 16.5. The van der Waals surface area contributed by atoms with Crippen LogP contribution in [0.3, 0.4) is 0 Å². The van der Waals surface area contributed by atoms with Gasteiger partial charge in [0.15, 0.2) is 0 Å². The van der Waals surface area contributed by atoms with Crippen LogP contribution >= 0.6 is 0 Å². The molecule has 0 aromatic heterocycles. The second-order valence-electron chi connectivity index (χ2n) is 5.90. The molecule has 0 aliphatic heterocycles. The maximum absolute atomic E-state index is 10.1. The Hall–Kier alpha value is -1.32. The zero-order valence-electron chi connectivity index (χ0n) is 12.8. The van der Waals surface area contributed by atoms with Gasteiger partial charge in [0.2, 0.25) is 0 Å². The highest BCUT2D eigenvalue weighted by molar-refractivity contribution is 5.67. The van der Waals surface area contributed by atoms with Gasteiger partial charge in [0.25, 0.3) is 0 Å². The van der Waals surface area contributed by atoms with Crippen molar-refractivity contribution in [1.29, 1.82) is 0 Å². The van der Waals surface area contributed by atoms with Gasteiger partial charge in [0.05, 0.1) is 0 Å². The largest absolute Gasteiger partial charge is 0.490 e. The number of nitrogens with one attached hydrogen (secondary N) is 1. The van der Waals surface area contributed by atoms with Crippen molar-refractivity contribution in [3.63, 3.8) is 0 Å². The quantitative estimate of drug-likeness (QED) is 0.838. The molecule has 0 bridgehead atoms. The number of ether oxygens (including phenoxy) is 1. The molecule has 3 unspecified atom stereocenters. The SMILES string of the molecule is CC(C)NC(C)C(O)COc1cccc2c1C=CC2C.